The summed E-state index contributed by atoms with van der Waals surface area (Å²) in [5.41, 5.74) is 6.04. The molecule has 0 unspecified atom stereocenters. The molecule has 1 atom stereocenters. The predicted octanol–water partition coefficient (Wildman–Crippen LogP) is -0.970. The van der Waals surface area contributed by atoms with Crippen molar-refractivity contribution in [2.24, 2.45) is 0 Å². The van der Waals surface area contributed by atoms with Gasteiger partial charge in [-0.1, -0.05) is 0 Å². The molecule has 1 aliphatic heterocycles. The van der Waals surface area contributed by atoms with E-state index >= 15 is 0 Å². The van der Waals surface area contributed by atoms with E-state index in [9.17, 15) is 0 Å². The van der Waals surface area contributed by atoms with Crippen LogP contribution in [0.2, 0.25) is 0 Å². The Bertz CT molecular complexity index is 48.9. The lowest BCUT2D eigenvalue weighted by atomic mass is 10.3. The van der Waals surface area contributed by atoms with E-state index in [0.717, 1.165) is 13.2 Å². The van der Waals surface area contributed by atoms with E-state index in [1.54, 1.807) is 0 Å². The fraction of sp³-hybridized carbons (Fsp3) is 1.00. The van der Waals surface area contributed by atoms with Gasteiger partial charge in [0, 0.05) is 12.6 Å². The molecule has 0 saturated carbocycles. The van der Waals surface area contributed by atoms with E-state index in [1.165, 1.54) is 0 Å². The van der Waals surface area contributed by atoms with Gasteiger partial charge in [-0.25, -0.2) is 5.43 Å². The normalized spacial score (nSPS) is 33.0. The molecule has 0 radical (unpaired) electrons. The van der Waals surface area contributed by atoms with Crippen molar-refractivity contribution < 1.29 is 0 Å². The summed E-state index contributed by atoms with van der Waals surface area (Å²) in [6, 6.07) is 0.564. The molecular formula is C4H11N3. The van der Waals surface area contributed by atoms with Crippen LogP contribution in [0.1, 0.15) is 6.92 Å². The zero-order chi connectivity index (χ0) is 5.11. The number of hydrogen-bond acceptors (Lipinski definition) is 3. The van der Waals surface area contributed by atoms with Crippen molar-refractivity contribution in [3.63, 3.8) is 0 Å². The van der Waals surface area contributed by atoms with Gasteiger partial charge in [-0.15, -0.1) is 0 Å². The summed E-state index contributed by atoms with van der Waals surface area (Å²) >= 11 is 0. The average molecular weight is 101 g/mol. The number of nitrogens with one attached hydrogen (secondary N) is 3. The molecule has 7 heavy (non-hydrogen) atoms. The largest absolute Gasteiger partial charge is 0.302 e. The monoisotopic (exact) mass is 101 g/mol. The molecule has 0 aliphatic carbocycles. The Labute approximate surface area is 43.4 Å². The van der Waals surface area contributed by atoms with Crippen LogP contribution in [0.25, 0.3) is 0 Å². The maximum absolute atomic E-state index is 3.16. The fourth-order valence-electron chi connectivity index (χ4n) is 0.627. The molecule has 0 amide bonds. The zero-order valence-corrected chi connectivity index (χ0v) is 4.49. The summed E-state index contributed by atoms with van der Waals surface area (Å²) < 4.78 is 0. The van der Waals surface area contributed by atoms with E-state index in [4.69, 9.17) is 0 Å². The molecule has 0 aromatic carbocycles. The van der Waals surface area contributed by atoms with Crippen molar-refractivity contribution in [1.82, 2.24) is 16.2 Å². The molecule has 0 bridgehead atoms. The fourth-order valence-corrected chi connectivity index (χ4v) is 0.627. The first-order chi connectivity index (χ1) is 3.39. The third kappa shape index (κ3) is 1.43. The van der Waals surface area contributed by atoms with Gasteiger partial charge in [0.1, 0.15) is 0 Å². The standard InChI is InChI=1S/C4H11N3/c1-4-2-5-3-6-7-4/h4-7H,2-3H2,1H3/t4-/m0/s1. The van der Waals surface area contributed by atoms with Gasteiger partial charge in [-0.05, 0) is 6.92 Å². The molecule has 0 aromatic heterocycles. The molecule has 0 aromatic rings. The van der Waals surface area contributed by atoms with Crippen LogP contribution in [0.5, 0.6) is 0 Å². The Morgan fingerprint density at radius 3 is 2.71 bits per heavy atom. The van der Waals surface area contributed by atoms with E-state index in [0.29, 0.717) is 6.04 Å². The van der Waals surface area contributed by atoms with Crippen LogP contribution in [0.3, 0.4) is 0 Å². The molecule has 3 nitrogen and oxygen atoms in total. The van der Waals surface area contributed by atoms with Gasteiger partial charge in [0.2, 0.25) is 0 Å². The van der Waals surface area contributed by atoms with Gasteiger partial charge in [-0.2, -0.15) is 0 Å². The molecule has 42 valence electrons. The zero-order valence-electron chi connectivity index (χ0n) is 4.49. The number of rotatable bonds is 0. The third-order valence-corrected chi connectivity index (χ3v) is 1.01. The van der Waals surface area contributed by atoms with Gasteiger partial charge in [0.05, 0.1) is 6.67 Å². The van der Waals surface area contributed by atoms with E-state index < -0.39 is 0 Å². The van der Waals surface area contributed by atoms with Crippen LogP contribution in [0, 0.1) is 0 Å². The topological polar surface area (TPSA) is 36.1 Å². The molecule has 3 N–H and O–H groups in total. The summed E-state index contributed by atoms with van der Waals surface area (Å²) in [5.74, 6) is 0. The minimum absolute atomic E-state index is 0.564. The second-order valence-corrected chi connectivity index (χ2v) is 1.85. The van der Waals surface area contributed by atoms with Crippen molar-refractivity contribution in [3.05, 3.63) is 0 Å². The Balaban J connectivity index is 2.12. The summed E-state index contributed by atoms with van der Waals surface area (Å²) in [5, 5.41) is 3.16. The summed E-state index contributed by atoms with van der Waals surface area (Å²) in [7, 11) is 0. The van der Waals surface area contributed by atoms with Gasteiger partial charge in [0.25, 0.3) is 0 Å². The first kappa shape index (κ1) is 5.03. The maximum Gasteiger partial charge on any atom is 0.0590 e. The molecular weight excluding hydrogens is 90.1 g/mol. The van der Waals surface area contributed by atoms with Crippen molar-refractivity contribution in [2.45, 2.75) is 13.0 Å². The second kappa shape index (κ2) is 2.26. The van der Waals surface area contributed by atoms with E-state index in [1.807, 2.05) is 0 Å². The number of hydrogen-bond donors (Lipinski definition) is 3. The van der Waals surface area contributed by atoms with Crippen molar-refractivity contribution in [1.29, 1.82) is 0 Å². The van der Waals surface area contributed by atoms with Gasteiger partial charge < -0.3 is 5.32 Å². The molecule has 1 saturated heterocycles. The van der Waals surface area contributed by atoms with Gasteiger partial charge in [-0.3, -0.25) is 5.43 Å². The summed E-state index contributed by atoms with van der Waals surface area (Å²) in [6.45, 7) is 4.07. The summed E-state index contributed by atoms with van der Waals surface area (Å²) in [4.78, 5) is 0. The van der Waals surface area contributed by atoms with Crippen LogP contribution < -0.4 is 16.2 Å². The van der Waals surface area contributed by atoms with E-state index in [-0.39, 0.29) is 0 Å². The van der Waals surface area contributed by atoms with Crippen molar-refractivity contribution in [2.75, 3.05) is 13.2 Å². The van der Waals surface area contributed by atoms with E-state index in [2.05, 4.69) is 23.1 Å². The Hall–Kier alpha value is -0.120. The SMILES string of the molecule is C[C@H]1CNCNN1. The molecule has 0 spiro atoms. The van der Waals surface area contributed by atoms with Gasteiger partial charge in [0.15, 0.2) is 0 Å². The van der Waals surface area contributed by atoms with Crippen LogP contribution in [-0.4, -0.2) is 19.3 Å². The molecule has 1 heterocycles. The maximum atomic E-state index is 3.16. The lowest BCUT2D eigenvalue weighted by Crippen LogP contribution is -2.54. The second-order valence-electron chi connectivity index (χ2n) is 1.85. The Morgan fingerprint density at radius 1 is 1.57 bits per heavy atom. The molecule has 3 heteroatoms. The quantitative estimate of drug-likeness (QED) is 0.367. The molecule has 1 aliphatic rings. The van der Waals surface area contributed by atoms with Crippen molar-refractivity contribution >= 4 is 0 Å². The third-order valence-electron chi connectivity index (χ3n) is 1.01. The minimum Gasteiger partial charge on any atom is -0.302 e. The predicted molar refractivity (Wildman–Crippen MR) is 28.6 cm³/mol. The Morgan fingerprint density at radius 2 is 2.43 bits per heavy atom. The average Bonchev–Trinajstić information content (AvgIpc) is 1.69. The van der Waals surface area contributed by atoms with Crippen molar-refractivity contribution in [3.8, 4) is 0 Å². The lowest BCUT2D eigenvalue weighted by Gasteiger charge is -2.21. The minimum atomic E-state index is 0.564. The van der Waals surface area contributed by atoms with Crippen LogP contribution >= 0.6 is 0 Å². The number of hydrazine groups is 1. The Kier molecular flexibility index (Phi) is 1.62. The highest BCUT2D eigenvalue weighted by Crippen LogP contribution is 1.76. The lowest BCUT2D eigenvalue weighted by molar-refractivity contribution is 0.353. The first-order valence-corrected chi connectivity index (χ1v) is 2.58. The highest BCUT2D eigenvalue weighted by atomic mass is 15.4. The van der Waals surface area contributed by atoms with Crippen LogP contribution in [-0.2, 0) is 0 Å². The first-order valence-electron chi connectivity index (χ1n) is 2.58. The highest BCUT2D eigenvalue weighted by molar-refractivity contribution is 4.63. The van der Waals surface area contributed by atoms with Crippen LogP contribution in [0.4, 0.5) is 0 Å². The molecule has 1 rings (SSSR count). The van der Waals surface area contributed by atoms with Gasteiger partial charge >= 0.3 is 0 Å². The smallest absolute Gasteiger partial charge is 0.0590 e. The molecule has 1 fully saturated rings. The van der Waals surface area contributed by atoms with Crippen LogP contribution in [0.15, 0.2) is 0 Å². The highest BCUT2D eigenvalue weighted by Gasteiger charge is 2.02. The summed E-state index contributed by atoms with van der Waals surface area (Å²) in [6.07, 6.45) is 0.